The van der Waals surface area contributed by atoms with Gasteiger partial charge < -0.3 is 5.32 Å². The number of amides is 1. The van der Waals surface area contributed by atoms with Crippen LogP contribution >= 0.6 is 11.6 Å². The van der Waals surface area contributed by atoms with Crippen LogP contribution in [0.3, 0.4) is 0 Å². The van der Waals surface area contributed by atoms with Gasteiger partial charge in [-0.25, -0.2) is 0 Å². The van der Waals surface area contributed by atoms with Gasteiger partial charge in [0, 0.05) is 16.8 Å². The number of nitrogens with one attached hydrogen (secondary N) is 2. The lowest BCUT2D eigenvalue weighted by atomic mass is 10.0. The van der Waals surface area contributed by atoms with Crippen LogP contribution in [0.1, 0.15) is 41.3 Å². The largest absolute Gasteiger partial charge is 0.324 e. The van der Waals surface area contributed by atoms with Gasteiger partial charge in [-0.1, -0.05) is 66.2 Å². The summed E-state index contributed by atoms with van der Waals surface area (Å²) >= 11 is 6.14. The minimum Gasteiger partial charge on any atom is -0.324 e. The molecule has 3 rings (SSSR count). The summed E-state index contributed by atoms with van der Waals surface area (Å²) in [5.41, 5.74) is 4.93. The highest BCUT2D eigenvalue weighted by molar-refractivity contribution is 6.30. The van der Waals surface area contributed by atoms with Gasteiger partial charge in [0.1, 0.15) is 6.04 Å². The molecule has 28 heavy (non-hydrogen) atoms. The summed E-state index contributed by atoms with van der Waals surface area (Å²) in [6, 6.07) is 23.0. The van der Waals surface area contributed by atoms with E-state index in [1.165, 1.54) is 0 Å². The second kappa shape index (κ2) is 9.05. The smallest absolute Gasteiger partial charge is 0.246 e. The number of halogens is 1. The topological polar surface area (TPSA) is 41.1 Å². The summed E-state index contributed by atoms with van der Waals surface area (Å²) < 4.78 is 0. The lowest BCUT2D eigenvalue weighted by molar-refractivity contribution is -0.118. The van der Waals surface area contributed by atoms with Crippen molar-refractivity contribution in [1.82, 2.24) is 5.32 Å². The van der Waals surface area contributed by atoms with Crippen LogP contribution in [0, 0.1) is 13.8 Å². The van der Waals surface area contributed by atoms with Gasteiger partial charge in [0.15, 0.2) is 0 Å². The van der Waals surface area contributed by atoms with Crippen LogP contribution in [0.15, 0.2) is 72.8 Å². The fourth-order valence-corrected chi connectivity index (χ4v) is 3.37. The van der Waals surface area contributed by atoms with Crippen LogP contribution in [0.4, 0.5) is 5.69 Å². The third kappa shape index (κ3) is 5.00. The molecule has 0 spiro atoms. The van der Waals surface area contributed by atoms with Crippen LogP contribution < -0.4 is 10.6 Å². The number of hydrogen-bond donors (Lipinski definition) is 2. The van der Waals surface area contributed by atoms with Crippen LogP contribution in [0.5, 0.6) is 0 Å². The van der Waals surface area contributed by atoms with Gasteiger partial charge >= 0.3 is 0 Å². The van der Waals surface area contributed by atoms with Crippen LogP contribution in [-0.2, 0) is 4.79 Å². The number of carbonyl (C=O) groups is 1. The first-order valence-corrected chi connectivity index (χ1v) is 9.76. The van der Waals surface area contributed by atoms with Gasteiger partial charge in [-0.2, -0.15) is 0 Å². The summed E-state index contributed by atoms with van der Waals surface area (Å²) in [6.45, 7) is 6.05. The van der Waals surface area contributed by atoms with Gasteiger partial charge in [0.2, 0.25) is 5.91 Å². The number of hydrogen-bond acceptors (Lipinski definition) is 2. The molecule has 144 valence electrons. The Morgan fingerprint density at radius 3 is 2.32 bits per heavy atom. The van der Waals surface area contributed by atoms with Gasteiger partial charge in [-0.05, 0) is 61.2 Å². The zero-order valence-corrected chi connectivity index (χ0v) is 17.1. The van der Waals surface area contributed by atoms with Crippen LogP contribution in [0.25, 0.3) is 0 Å². The van der Waals surface area contributed by atoms with E-state index in [4.69, 9.17) is 11.6 Å². The van der Waals surface area contributed by atoms with E-state index in [9.17, 15) is 4.79 Å². The average molecular weight is 393 g/mol. The molecule has 0 aliphatic heterocycles. The maximum Gasteiger partial charge on any atom is 0.246 e. The van der Waals surface area contributed by atoms with E-state index in [1.807, 2.05) is 93.6 Å². The fraction of sp³-hybridized carbons (Fsp3) is 0.208. The van der Waals surface area contributed by atoms with E-state index in [0.29, 0.717) is 5.02 Å². The number of carbonyl (C=O) groups excluding carboxylic acids is 1. The molecule has 4 heteroatoms. The molecule has 2 N–H and O–H groups in total. The molecular weight excluding hydrogens is 368 g/mol. The quantitative estimate of drug-likeness (QED) is 0.541. The van der Waals surface area contributed by atoms with E-state index in [0.717, 1.165) is 27.9 Å². The summed E-state index contributed by atoms with van der Waals surface area (Å²) in [7, 11) is 0. The molecule has 3 nitrogen and oxygen atoms in total. The summed E-state index contributed by atoms with van der Waals surface area (Å²) in [5.74, 6) is -0.0891. The van der Waals surface area contributed by atoms with Crippen molar-refractivity contribution < 1.29 is 4.79 Å². The first kappa shape index (κ1) is 20.1. The maximum absolute atomic E-state index is 13.2. The summed E-state index contributed by atoms with van der Waals surface area (Å²) in [6.07, 6.45) is 0. The Balaban J connectivity index is 1.86. The van der Waals surface area contributed by atoms with Gasteiger partial charge in [0.25, 0.3) is 0 Å². The molecule has 2 atom stereocenters. The molecule has 0 unspecified atom stereocenters. The molecule has 0 aliphatic rings. The Morgan fingerprint density at radius 2 is 1.61 bits per heavy atom. The Morgan fingerprint density at radius 1 is 0.893 bits per heavy atom. The minimum absolute atomic E-state index is 0.0479. The SMILES string of the molecule is Cc1ccc(C)c(NC(=O)[C@H](N[C@@H](C)c2cccc(Cl)c2)c2ccccc2)c1. The first-order valence-electron chi connectivity index (χ1n) is 9.38. The maximum atomic E-state index is 13.2. The average Bonchev–Trinajstić information content (AvgIpc) is 2.69. The minimum atomic E-state index is -0.491. The fourth-order valence-electron chi connectivity index (χ4n) is 3.17. The van der Waals surface area contributed by atoms with Crippen LogP contribution in [-0.4, -0.2) is 5.91 Å². The highest BCUT2D eigenvalue weighted by atomic mass is 35.5. The molecular formula is C24H25ClN2O. The zero-order valence-electron chi connectivity index (χ0n) is 16.4. The van der Waals surface area contributed by atoms with E-state index in [2.05, 4.69) is 10.6 Å². The third-order valence-corrected chi connectivity index (χ3v) is 5.05. The molecule has 0 saturated heterocycles. The number of rotatable bonds is 6. The second-order valence-corrected chi connectivity index (χ2v) is 7.53. The lowest BCUT2D eigenvalue weighted by Gasteiger charge is -2.24. The molecule has 1 amide bonds. The predicted molar refractivity (Wildman–Crippen MR) is 117 cm³/mol. The van der Waals surface area contributed by atoms with Gasteiger partial charge in [-0.15, -0.1) is 0 Å². The van der Waals surface area contributed by atoms with E-state index in [-0.39, 0.29) is 11.9 Å². The van der Waals surface area contributed by atoms with Crippen molar-refractivity contribution >= 4 is 23.2 Å². The lowest BCUT2D eigenvalue weighted by Crippen LogP contribution is -2.34. The third-order valence-electron chi connectivity index (χ3n) is 4.81. The van der Waals surface area contributed by atoms with E-state index >= 15 is 0 Å². The van der Waals surface area contributed by atoms with Crippen molar-refractivity contribution in [1.29, 1.82) is 0 Å². The standard InChI is InChI=1S/C24H25ClN2O/c1-16-12-13-17(2)22(14-16)27-24(28)23(19-8-5-4-6-9-19)26-18(3)20-10-7-11-21(25)15-20/h4-15,18,23,26H,1-3H3,(H,27,28)/t18-,23+/m0/s1. The normalized spacial score (nSPS) is 13.0. The van der Waals surface area contributed by atoms with Crippen molar-refractivity contribution in [2.24, 2.45) is 0 Å². The second-order valence-electron chi connectivity index (χ2n) is 7.09. The molecule has 3 aromatic rings. The number of anilines is 1. The summed E-state index contributed by atoms with van der Waals surface area (Å²) in [4.78, 5) is 13.2. The Hall–Kier alpha value is -2.62. The molecule has 0 heterocycles. The number of benzene rings is 3. The molecule has 0 saturated carbocycles. The van der Waals surface area contributed by atoms with Crippen LogP contribution in [0.2, 0.25) is 5.02 Å². The van der Waals surface area contributed by atoms with Crippen molar-refractivity contribution in [2.45, 2.75) is 32.9 Å². The van der Waals surface area contributed by atoms with Crippen molar-refractivity contribution in [3.8, 4) is 0 Å². The molecule has 0 aliphatic carbocycles. The van der Waals surface area contributed by atoms with E-state index < -0.39 is 6.04 Å². The molecule has 3 aromatic carbocycles. The highest BCUT2D eigenvalue weighted by Gasteiger charge is 2.23. The van der Waals surface area contributed by atoms with Crippen molar-refractivity contribution in [3.63, 3.8) is 0 Å². The monoisotopic (exact) mass is 392 g/mol. The predicted octanol–water partition coefficient (Wildman–Crippen LogP) is 5.99. The van der Waals surface area contributed by atoms with Gasteiger partial charge in [0.05, 0.1) is 0 Å². The molecule has 0 aromatic heterocycles. The number of aryl methyl sites for hydroxylation is 2. The zero-order chi connectivity index (χ0) is 20.1. The molecule has 0 bridgehead atoms. The van der Waals surface area contributed by atoms with E-state index in [1.54, 1.807) is 0 Å². The Kier molecular flexibility index (Phi) is 6.50. The van der Waals surface area contributed by atoms with Gasteiger partial charge in [-0.3, -0.25) is 10.1 Å². The van der Waals surface area contributed by atoms with Crippen molar-refractivity contribution in [2.75, 3.05) is 5.32 Å². The van der Waals surface area contributed by atoms with Crippen molar-refractivity contribution in [3.05, 3.63) is 100 Å². The highest BCUT2D eigenvalue weighted by Crippen LogP contribution is 2.24. The molecule has 0 radical (unpaired) electrons. The first-order chi connectivity index (χ1) is 13.4. The molecule has 0 fully saturated rings. The Bertz CT molecular complexity index is 956. The summed E-state index contributed by atoms with van der Waals surface area (Å²) in [5, 5.41) is 7.23. The Labute approximate surface area is 171 Å².